The summed E-state index contributed by atoms with van der Waals surface area (Å²) < 4.78 is 5.78. The molecule has 0 aromatic heterocycles. The van der Waals surface area contributed by atoms with Gasteiger partial charge in [0.1, 0.15) is 0 Å². The molecule has 1 saturated heterocycles. The minimum absolute atomic E-state index is 0.118. The van der Waals surface area contributed by atoms with Crippen molar-refractivity contribution in [1.82, 2.24) is 0 Å². The highest BCUT2D eigenvalue weighted by atomic mass is 16.6. The molecule has 2 atom stereocenters. The van der Waals surface area contributed by atoms with Crippen molar-refractivity contribution in [2.24, 2.45) is 0 Å². The summed E-state index contributed by atoms with van der Waals surface area (Å²) in [4.78, 5) is 0. The van der Waals surface area contributed by atoms with Gasteiger partial charge in [0.15, 0.2) is 0 Å². The molecule has 0 N–H and O–H groups in total. The minimum atomic E-state index is 0.118. The molecule has 1 nitrogen and oxygen atoms in total. The standard InChI is InChI=1S/C15H24O/c1-6-13(4)9-10-14-15(5,16-14)11-7-8-12(2)3/h6,8,14H,1,4,7,9-11H2,2-3,5H3. The lowest BCUT2D eigenvalue weighted by Gasteiger charge is -2.04. The van der Waals surface area contributed by atoms with Crippen LogP contribution in [0.5, 0.6) is 0 Å². The summed E-state index contributed by atoms with van der Waals surface area (Å²) in [5.41, 5.74) is 2.62. The van der Waals surface area contributed by atoms with Crippen LogP contribution >= 0.6 is 0 Å². The number of ether oxygens (including phenoxy) is 1. The largest absolute Gasteiger partial charge is 0.366 e. The average Bonchev–Trinajstić information content (AvgIpc) is 2.85. The Labute approximate surface area is 99.9 Å². The Morgan fingerprint density at radius 3 is 2.69 bits per heavy atom. The molecule has 1 heterocycles. The van der Waals surface area contributed by atoms with Gasteiger partial charge in [-0.15, -0.1) is 0 Å². The minimum Gasteiger partial charge on any atom is -0.366 e. The van der Waals surface area contributed by atoms with Gasteiger partial charge in [-0.25, -0.2) is 0 Å². The molecule has 0 amide bonds. The van der Waals surface area contributed by atoms with Gasteiger partial charge in [-0.05, 0) is 46.5 Å². The Kier molecular flexibility index (Phi) is 4.55. The Balaban J connectivity index is 2.22. The topological polar surface area (TPSA) is 12.5 Å². The smallest absolute Gasteiger partial charge is 0.0923 e. The van der Waals surface area contributed by atoms with Crippen LogP contribution in [-0.4, -0.2) is 11.7 Å². The van der Waals surface area contributed by atoms with Crippen LogP contribution in [0.2, 0.25) is 0 Å². The van der Waals surface area contributed by atoms with E-state index in [4.69, 9.17) is 4.74 Å². The number of allylic oxidation sites excluding steroid dienone is 4. The third-order valence-electron chi connectivity index (χ3n) is 3.24. The van der Waals surface area contributed by atoms with Crippen molar-refractivity contribution in [3.8, 4) is 0 Å². The van der Waals surface area contributed by atoms with Crippen molar-refractivity contribution in [1.29, 1.82) is 0 Å². The first-order valence-corrected chi connectivity index (χ1v) is 6.09. The SMILES string of the molecule is C=CC(=C)CCC1OC1(C)CCC=C(C)C. The molecule has 1 fully saturated rings. The maximum atomic E-state index is 5.78. The van der Waals surface area contributed by atoms with E-state index in [2.05, 4.69) is 40.0 Å². The first kappa shape index (κ1) is 13.2. The maximum Gasteiger partial charge on any atom is 0.0923 e. The van der Waals surface area contributed by atoms with Crippen LogP contribution in [0.3, 0.4) is 0 Å². The first-order chi connectivity index (χ1) is 7.48. The molecule has 0 radical (unpaired) electrons. The van der Waals surface area contributed by atoms with Crippen molar-refractivity contribution < 1.29 is 4.74 Å². The molecule has 0 aromatic rings. The number of rotatable bonds is 7. The van der Waals surface area contributed by atoms with Crippen molar-refractivity contribution >= 4 is 0 Å². The van der Waals surface area contributed by atoms with Crippen molar-refractivity contribution in [2.75, 3.05) is 0 Å². The fraction of sp³-hybridized carbons (Fsp3) is 0.600. The van der Waals surface area contributed by atoms with Crippen LogP contribution in [0, 0.1) is 0 Å². The lowest BCUT2D eigenvalue weighted by atomic mass is 9.97. The monoisotopic (exact) mass is 220 g/mol. The zero-order valence-corrected chi connectivity index (χ0v) is 10.9. The van der Waals surface area contributed by atoms with E-state index in [1.165, 1.54) is 5.57 Å². The van der Waals surface area contributed by atoms with Crippen LogP contribution in [-0.2, 0) is 4.74 Å². The zero-order chi connectivity index (χ0) is 12.2. The van der Waals surface area contributed by atoms with Gasteiger partial charge in [0.25, 0.3) is 0 Å². The lowest BCUT2D eigenvalue weighted by molar-refractivity contribution is 0.295. The second kappa shape index (κ2) is 5.49. The summed E-state index contributed by atoms with van der Waals surface area (Å²) in [5, 5.41) is 0. The van der Waals surface area contributed by atoms with Crippen LogP contribution in [0.4, 0.5) is 0 Å². The predicted molar refractivity (Wildman–Crippen MR) is 70.5 cm³/mol. The Hall–Kier alpha value is -0.820. The van der Waals surface area contributed by atoms with Crippen LogP contribution in [0.15, 0.2) is 36.5 Å². The molecule has 0 bridgehead atoms. The molecule has 1 rings (SSSR count). The van der Waals surface area contributed by atoms with E-state index in [0.29, 0.717) is 6.10 Å². The van der Waals surface area contributed by atoms with Gasteiger partial charge in [0.05, 0.1) is 11.7 Å². The van der Waals surface area contributed by atoms with Crippen molar-refractivity contribution in [3.05, 3.63) is 36.5 Å². The molecule has 0 aromatic carbocycles. The zero-order valence-electron chi connectivity index (χ0n) is 10.9. The van der Waals surface area contributed by atoms with E-state index in [1.54, 1.807) is 0 Å². The highest BCUT2D eigenvalue weighted by Gasteiger charge is 2.50. The van der Waals surface area contributed by atoms with Gasteiger partial charge in [0.2, 0.25) is 0 Å². The van der Waals surface area contributed by atoms with Gasteiger partial charge < -0.3 is 4.74 Å². The molecule has 0 aliphatic carbocycles. The molecule has 0 saturated carbocycles. The van der Waals surface area contributed by atoms with Gasteiger partial charge in [-0.3, -0.25) is 0 Å². The molecule has 90 valence electrons. The predicted octanol–water partition coefficient (Wildman–Crippen LogP) is 4.41. The van der Waals surface area contributed by atoms with E-state index in [9.17, 15) is 0 Å². The summed E-state index contributed by atoms with van der Waals surface area (Å²) in [6.45, 7) is 14.1. The Morgan fingerprint density at radius 1 is 1.44 bits per heavy atom. The molecular formula is C15H24O. The quantitative estimate of drug-likeness (QED) is 0.351. The normalized spacial score (nSPS) is 27.3. The summed E-state index contributed by atoms with van der Waals surface area (Å²) >= 11 is 0. The Morgan fingerprint density at radius 2 is 2.12 bits per heavy atom. The summed E-state index contributed by atoms with van der Waals surface area (Å²) in [6, 6.07) is 0. The molecule has 1 aliphatic rings. The fourth-order valence-corrected chi connectivity index (χ4v) is 1.94. The lowest BCUT2D eigenvalue weighted by Crippen LogP contribution is -2.09. The molecular weight excluding hydrogens is 196 g/mol. The summed E-state index contributed by atoms with van der Waals surface area (Å²) in [5.74, 6) is 0. The highest BCUT2D eigenvalue weighted by Crippen LogP contribution is 2.43. The summed E-state index contributed by atoms with van der Waals surface area (Å²) in [6.07, 6.45) is 8.88. The van der Waals surface area contributed by atoms with Gasteiger partial charge in [-0.2, -0.15) is 0 Å². The van der Waals surface area contributed by atoms with Crippen molar-refractivity contribution in [3.63, 3.8) is 0 Å². The molecule has 1 heteroatoms. The summed E-state index contributed by atoms with van der Waals surface area (Å²) in [7, 11) is 0. The van der Waals surface area contributed by atoms with Crippen LogP contribution in [0.1, 0.15) is 46.5 Å². The third-order valence-corrected chi connectivity index (χ3v) is 3.24. The number of hydrogen-bond acceptors (Lipinski definition) is 1. The molecule has 1 aliphatic heterocycles. The van der Waals surface area contributed by atoms with E-state index in [0.717, 1.165) is 31.3 Å². The fourth-order valence-electron chi connectivity index (χ4n) is 1.94. The van der Waals surface area contributed by atoms with E-state index >= 15 is 0 Å². The highest BCUT2D eigenvalue weighted by molar-refractivity contribution is 5.12. The molecule has 16 heavy (non-hydrogen) atoms. The Bertz CT molecular complexity index is 297. The second-order valence-electron chi connectivity index (χ2n) is 5.14. The molecule has 2 unspecified atom stereocenters. The van der Waals surface area contributed by atoms with E-state index < -0.39 is 0 Å². The van der Waals surface area contributed by atoms with Gasteiger partial charge in [-0.1, -0.05) is 36.5 Å². The number of epoxide rings is 1. The van der Waals surface area contributed by atoms with Crippen LogP contribution in [0.25, 0.3) is 0 Å². The number of hydrogen-bond donors (Lipinski definition) is 0. The van der Waals surface area contributed by atoms with Gasteiger partial charge >= 0.3 is 0 Å². The maximum absolute atomic E-state index is 5.78. The second-order valence-corrected chi connectivity index (χ2v) is 5.14. The average molecular weight is 220 g/mol. The van der Waals surface area contributed by atoms with E-state index in [1.807, 2.05) is 6.08 Å². The third kappa shape index (κ3) is 3.97. The molecule has 0 spiro atoms. The van der Waals surface area contributed by atoms with Gasteiger partial charge in [0, 0.05) is 0 Å². The van der Waals surface area contributed by atoms with Crippen LogP contribution < -0.4 is 0 Å². The van der Waals surface area contributed by atoms with E-state index in [-0.39, 0.29) is 5.60 Å². The first-order valence-electron chi connectivity index (χ1n) is 6.09. The van der Waals surface area contributed by atoms with Crippen molar-refractivity contribution in [2.45, 2.75) is 58.2 Å².